The number of para-hydroxylation sites is 1. The van der Waals surface area contributed by atoms with Crippen molar-refractivity contribution in [3.63, 3.8) is 0 Å². The molecule has 2 aromatic heterocycles. The Morgan fingerprint density at radius 3 is 2.71 bits per heavy atom. The van der Waals surface area contributed by atoms with Crippen LogP contribution in [0.3, 0.4) is 0 Å². The lowest BCUT2D eigenvalue weighted by atomic mass is 9.87. The van der Waals surface area contributed by atoms with Crippen molar-refractivity contribution in [2.45, 2.75) is 40.3 Å². The van der Waals surface area contributed by atoms with Crippen LogP contribution >= 0.6 is 0 Å². The number of imidazole rings is 1. The molecular formula is C20H26N4O4. The first kappa shape index (κ1) is 19.9. The molecule has 0 fully saturated rings. The summed E-state index contributed by atoms with van der Waals surface area (Å²) >= 11 is 0. The zero-order chi connectivity index (χ0) is 20.3. The number of hydrogen-bond acceptors (Lipinski definition) is 5. The minimum Gasteiger partial charge on any atom is -0.465 e. The van der Waals surface area contributed by atoms with Gasteiger partial charge in [0.2, 0.25) is 0 Å². The van der Waals surface area contributed by atoms with E-state index in [0.717, 1.165) is 16.4 Å². The van der Waals surface area contributed by atoms with Crippen molar-refractivity contribution in [2.24, 2.45) is 5.41 Å². The fourth-order valence-electron chi connectivity index (χ4n) is 2.95. The van der Waals surface area contributed by atoms with E-state index < -0.39 is 12.1 Å². The maximum atomic E-state index is 11.2. The number of amides is 1. The molecule has 0 bridgehead atoms. The van der Waals surface area contributed by atoms with E-state index in [2.05, 4.69) is 15.3 Å². The first-order valence-corrected chi connectivity index (χ1v) is 9.26. The van der Waals surface area contributed by atoms with Gasteiger partial charge in [0.05, 0.1) is 17.8 Å². The Labute approximate surface area is 163 Å². The third-order valence-corrected chi connectivity index (χ3v) is 4.56. The number of rotatable bonds is 7. The van der Waals surface area contributed by atoms with Crippen molar-refractivity contribution in [3.8, 4) is 0 Å². The summed E-state index contributed by atoms with van der Waals surface area (Å²) in [5.41, 5.74) is 2.01. The van der Waals surface area contributed by atoms with E-state index in [-0.39, 0.29) is 18.6 Å². The number of nitrogens with zero attached hydrogens (tertiary/aromatic N) is 3. The molecule has 0 saturated carbocycles. The highest BCUT2D eigenvalue weighted by molar-refractivity contribution is 6.02. The number of carboxylic acid groups (broad SMARTS) is 1. The van der Waals surface area contributed by atoms with E-state index in [1.165, 1.54) is 0 Å². The topological polar surface area (TPSA) is 98.5 Å². The zero-order valence-electron chi connectivity index (χ0n) is 16.6. The summed E-state index contributed by atoms with van der Waals surface area (Å²) in [5, 5.41) is 12.6. The summed E-state index contributed by atoms with van der Waals surface area (Å²) in [7, 11) is 0. The van der Waals surface area contributed by atoms with Gasteiger partial charge >= 0.3 is 6.09 Å². The van der Waals surface area contributed by atoms with Crippen molar-refractivity contribution in [1.29, 1.82) is 0 Å². The van der Waals surface area contributed by atoms with Crippen LogP contribution in [0.25, 0.3) is 21.9 Å². The van der Waals surface area contributed by atoms with Crippen LogP contribution in [0.1, 0.15) is 33.5 Å². The molecule has 28 heavy (non-hydrogen) atoms. The molecule has 150 valence electrons. The van der Waals surface area contributed by atoms with E-state index >= 15 is 0 Å². The average Bonchev–Trinajstić information content (AvgIpc) is 3.00. The van der Waals surface area contributed by atoms with Gasteiger partial charge in [-0.2, -0.15) is 4.73 Å². The third kappa shape index (κ3) is 4.17. The number of carbonyl (C=O) groups is 1. The second kappa shape index (κ2) is 8.02. The Balaban J connectivity index is 2.03. The number of nitrogens with one attached hydrogen (secondary N) is 1. The highest BCUT2D eigenvalue weighted by atomic mass is 16.7. The molecule has 2 heterocycles. The van der Waals surface area contributed by atoms with E-state index in [1.807, 2.05) is 52.0 Å². The molecule has 1 atom stereocenters. The second-order valence-corrected chi connectivity index (χ2v) is 7.63. The maximum absolute atomic E-state index is 11.2. The van der Waals surface area contributed by atoms with Crippen LogP contribution < -0.4 is 10.2 Å². The molecule has 3 rings (SSSR count). The molecular weight excluding hydrogens is 360 g/mol. The molecule has 0 aliphatic rings. The summed E-state index contributed by atoms with van der Waals surface area (Å²) in [6, 6.07) is 7.35. The molecule has 8 nitrogen and oxygen atoms in total. The summed E-state index contributed by atoms with van der Waals surface area (Å²) in [6.07, 6.45) is 0.632. The fraction of sp³-hybridized carbons (Fsp3) is 0.450. The van der Waals surface area contributed by atoms with Crippen molar-refractivity contribution >= 4 is 28.0 Å². The van der Waals surface area contributed by atoms with Gasteiger partial charge in [0, 0.05) is 12.0 Å². The number of benzene rings is 1. The standard InChI is InChI=1S/C20H26N4O4/c1-5-27-12-17-22-15-10-21-14-9-7-6-8-13(14)18(15)24(17)28-11-16(20(2,3)4)23-19(25)26/h6-10,16,23H,5,11-12H2,1-4H3,(H,25,26). The molecule has 0 radical (unpaired) electrons. The van der Waals surface area contributed by atoms with Gasteiger partial charge in [-0.1, -0.05) is 39.0 Å². The first-order valence-electron chi connectivity index (χ1n) is 9.26. The van der Waals surface area contributed by atoms with E-state index in [9.17, 15) is 9.90 Å². The Morgan fingerprint density at radius 2 is 2.04 bits per heavy atom. The lowest BCUT2D eigenvalue weighted by Crippen LogP contribution is -2.48. The largest absolute Gasteiger partial charge is 0.465 e. The van der Waals surface area contributed by atoms with Crippen LogP contribution in [-0.4, -0.2) is 45.2 Å². The highest BCUT2D eigenvalue weighted by Crippen LogP contribution is 2.25. The Morgan fingerprint density at radius 1 is 1.29 bits per heavy atom. The lowest BCUT2D eigenvalue weighted by molar-refractivity contribution is 0.0463. The molecule has 0 spiro atoms. The van der Waals surface area contributed by atoms with Crippen molar-refractivity contribution in [3.05, 3.63) is 36.3 Å². The van der Waals surface area contributed by atoms with Crippen LogP contribution in [0.4, 0.5) is 4.79 Å². The zero-order valence-corrected chi connectivity index (χ0v) is 16.6. The normalized spacial score (nSPS) is 13.0. The van der Waals surface area contributed by atoms with E-state index in [0.29, 0.717) is 17.9 Å². The van der Waals surface area contributed by atoms with E-state index in [4.69, 9.17) is 9.57 Å². The van der Waals surface area contributed by atoms with Gasteiger partial charge in [-0.15, -0.1) is 0 Å². The van der Waals surface area contributed by atoms with E-state index in [1.54, 1.807) is 10.9 Å². The van der Waals surface area contributed by atoms with Gasteiger partial charge in [0.25, 0.3) is 0 Å². The molecule has 8 heteroatoms. The number of hydrogen-bond donors (Lipinski definition) is 2. The van der Waals surface area contributed by atoms with Gasteiger partial charge in [-0.3, -0.25) is 4.98 Å². The molecule has 2 N–H and O–H groups in total. The van der Waals surface area contributed by atoms with Crippen molar-refractivity contribution in [1.82, 2.24) is 20.0 Å². The number of aromatic nitrogens is 3. The molecule has 0 aliphatic heterocycles. The lowest BCUT2D eigenvalue weighted by Gasteiger charge is -2.30. The predicted octanol–water partition coefficient (Wildman–Crippen LogP) is 3.23. The molecule has 0 aliphatic carbocycles. The highest BCUT2D eigenvalue weighted by Gasteiger charge is 2.28. The minimum atomic E-state index is -1.08. The van der Waals surface area contributed by atoms with Gasteiger partial charge < -0.3 is 20.0 Å². The Hall–Kier alpha value is -2.87. The van der Waals surface area contributed by atoms with Crippen LogP contribution in [0.2, 0.25) is 0 Å². The number of pyridine rings is 1. The van der Waals surface area contributed by atoms with Crippen LogP contribution in [-0.2, 0) is 11.3 Å². The number of fused-ring (bicyclic) bond motifs is 3. The quantitative estimate of drug-likeness (QED) is 0.647. The summed E-state index contributed by atoms with van der Waals surface area (Å²) in [4.78, 5) is 26.4. The summed E-state index contributed by atoms with van der Waals surface area (Å²) < 4.78 is 7.20. The smallest absolute Gasteiger partial charge is 0.405 e. The van der Waals surface area contributed by atoms with Crippen LogP contribution in [0.5, 0.6) is 0 Å². The fourth-order valence-corrected chi connectivity index (χ4v) is 2.95. The number of ether oxygens (including phenoxy) is 1. The van der Waals surface area contributed by atoms with Gasteiger partial charge in [0.1, 0.15) is 24.2 Å². The van der Waals surface area contributed by atoms with Gasteiger partial charge in [-0.05, 0) is 18.4 Å². The predicted molar refractivity (Wildman–Crippen MR) is 106 cm³/mol. The SMILES string of the molecule is CCOCc1nc2cnc3ccccc3c2n1OCC(NC(=O)O)C(C)(C)C. The molecule has 1 aromatic carbocycles. The van der Waals surface area contributed by atoms with Gasteiger partial charge in [-0.25, -0.2) is 9.78 Å². The third-order valence-electron chi connectivity index (χ3n) is 4.56. The average molecular weight is 386 g/mol. The monoisotopic (exact) mass is 386 g/mol. The summed E-state index contributed by atoms with van der Waals surface area (Å²) in [5.74, 6) is 0.609. The first-order chi connectivity index (χ1) is 13.3. The molecule has 1 amide bonds. The maximum Gasteiger partial charge on any atom is 0.405 e. The van der Waals surface area contributed by atoms with Gasteiger partial charge in [0.15, 0.2) is 5.82 Å². The Bertz CT molecular complexity index is 977. The Kier molecular flexibility index (Phi) is 5.69. The van der Waals surface area contributed by atoms with Crippen LogP contribution in [0.15, 0.2) is 30.5 Å². The summed E-state index contributed by atoms with van der Waals surface area (Å²) in [6.45, 7) is 8.78. The van der Waals surface area contributed by atoms with Crippen molar-refractivity contribution in [2.75, 3.05) is 13.2 Å². The molecule has 3 aromatic rings. The van der Waals surface area contributed by atoms with Crippen molar-refractivity contribution < 1.29 is 19.5 Å². The molecule has 0 saturated heterocycles. The second-order valence-electron chi connectivity index (χ2n) is 7.63. The minimum absolute atomic E-state index is 0.150. The van der Waals surface area contributed by atoms with Crippen LogP contribution in [0, 0.1) is 5.41 Å². The molecule has 1 unspecified atom stereocenters.